The van der Waals surface area contributed by atoms with Gasteiger partial charge in [0.05, 0.1) is 0 Å². The van der Waals surface area contributed by atoms with Gasteiger partial charge in [-0.1, -0.05) is 5.16 Å². The van der Waals surface area contributed by atoms with Gasteiger partial charge < -0.3 is 9.94 Å². The molecule has 0 aromatic heterocycles. The maximum absolute atomic E-state index is 10.4. The maximum Gasteiger partial charge on any atom is 0.257 e. The Bertz CT molecular complexity index is 316. The van der Waals surface area contributed by atoms with Crippen molar-refractivity contribution < 1.29 is 14.7 Å². The van der Waals surface area contributed by atoms with Crippen LogP contribution in [0, 0.1) is 0 Å². The van der Waals surface area contributed by atoms with E-state index in [1.165, 1.54) is 19.2 Å². The molecular weight excluding hydrogens is 170 g/mol. The SMILES string of the molecule is CON=C([C]=O)c1ccc(O)cc1. The van der Waals surface area contributed by atoms with Gasteiger partial charge in [0.2, 0.25) is 0 Å². The molecule has 1 rings (SSSR count). The molecule has 1 aromatic carbocycles. The Balaban J connectivity index is 2.99. The van der Waals surface area contributed by atoms with Gasteiger partial charge in [-0.05, 0) is 24.3 Å². The van der Waals surface area contributed by atoms with Crippen molar-refractivity contribution in [1.29, 1.82) is 0 Å². The van der Waals surface area contributed by atoms with Crippen LogP contribution in [0.4, 0.5) is 0 Å². The third-order valence-electron chi connectivity index (χ3n) is 1.42. The number of phenols is 1. The second kappa shape index (κ2) is 4.25. The van der Waals surface area contributed by atoms with Gasteiger partial charge in [0.25, 0.3) is 6.29 Å². The van der Waals surface area contributed by atoms with Gasteiger partial charge in [-0.3, -0.25) is 4.79 Å². The molecule has 0 spiro atoms. The highest BCUT2D eigenvalue weighted by molar-refractivity contribution is 6.36. The molecule has 0 bridgehead atoms. The zero-order valence-electron chi connectivity index (χ0n) is 7.02. The number of carbonyl (C=O) groups excluding carboxylic acids is 1. The Kier molecular flexibility index (Phi) is 3.03. The highest BCUT2D eigenvalue weighted by Gasteiger charge is 2.03. The number of oxime groups is 1. The van der Waals surface area contributed by atoms with E-state index < -0.39 is 0 Å². The van der Waals surface area contributed by atoms with Gasteiger partial charge >= 0.3 is 0 Å². The molecule has 0 heterocycles. The fourth-order valence-corrected chi connectivity index (χ4v) is 0.841. The second-order valence-corrected chi connectivity index (χ2v) is 2.27. The van der Waals surface area contributed by atoms with Crippen LogP contribution >= 0.6 is 0 Å². The van der Waals surface area contributed by atoms with Gasteiger partial charge in [-0.2, -0.15) is 0 Å². The first-order valence-corrected chi connectivity index (χ1v) is 3.56. The molecule has 0 aliphatic rings. The predicted octanol–water partition coefficient (Wildman–Crippen LogP) is 0.852. The van der Waals surface area contributed by atoms with Crippen LogP contribution in [-0.2, 0) is 9.63 Å². The lowest BCUT2D eigenvalue weighted by molar-refractivity contribution is 0.214. The first kappa shape index (κ1) is 9.25. The van der Waals surface area contributed by atoms with Gasteiger partial charge in [-0.15, -0.1) is 0 Å². The van der Waals surface area contributed by atoms with Crippen LogP contribution in [-0.4, -0.2) is 24.2 Å². The third kappa shape index (κ3) is 2.30. The van der Waals surface area contributed by atoms with Crippen LogP contribution in [0.3, 0.4) is 0 Å². The first-order chi connectivity index (χ1) is 6.27. The molecule has 0 saturated heterocycles. The quantitative estimate of drug-likeness (QED) is 0.551. The lowest BCUT2D eigenvalue weighted by atomic mass is 10.1. The second-order valence-electron chi connectivity index (χ2n) is 2.27. The molecule has 0 unspecified atom stereocenters. The van der Waals surface area contributed by atoms with E-state index >= 15 is 0 Å². The van der Waals surface area contributed by atoms with Crippen molar-refractivity contribution in [3.05, 3.63) is 29.8 Å². The van der Waals surface area contributed by atoms with Crippen LogP contribution < -0.4 is 0 Å². The first-order valence-electron chi connectivity index (χ1n) is 3.56. The van der Waals surface area contributed by atoms with Crippen LogP contribution in [0.2, 0.25) is 0 Å². The minimum atomic E-state index is 0.0718. The summed E-state index contributed by atoms with van der Waals surface area (Å²) in [6, 6.07) is 6.02. The number of hydrogen-bond donors (Lipinski definition) is 1. The Hall–Kier alpha value is -1.84. The number of benzene rings is 1. The van der Waals surface area contributed by atoms with Crippen LogP contribution in [0.1, 0.15) is 5.56 Å². The van der Waals surface area contributed by atoms with E-state index in [0.717, 1.165) is 0 Å². The Morgan fingerprint density at radius 3 is 2.54 bits per heavy atom. The Morgan fingerprint density at radius 1 is 1.46 bits per heavy atom. The molecule has 1 aromatic rings. The number of phenolic OH excluding ortho intramolecular Hbond substituents is 1. The summed E-state index contributed by atoms with van der Waals surface area (Å²) in [5.41, 5.74) is 0.622. The van der Waals surface area contributed by atoms with Crippen LogP contribution in [0.25, 0.3) is 0 Å². The van der Waals surface area contributed by atoms with Crippen molar-refractivity contribution in [3.63, 3.8) is 0 Å². The average molecular weight is 178 g/mol. The summed E-state index contributed by atoms with van der Waals surface area (Å²) in [7, 11) is 1.34. The summed E-state index contributed by atoms with van der Waals surface area (Å²) in [5.74, 6) is 0.131. The molecule has 0 amide bonds. The van der Waals surface area contributed by atoms with E-state index in [1.807, 2.05) is 0 Å². The highest BCUT2D eigenvalue weighted by atomic mass is 16.6. The lowest BCUT2D eigenvalue weighted by Crippen LogP contribution is -2.02. The topological polar surface area (TPSA) is 58.9 Å². The molecule has 4 heteroatoms. The van der Waals surface area contributed by atoms with Gasteiger partial charge in [0.1, 0.15) is 12.9 Å². The molecular formula is C9H8NO3. The molecule has 67 valence electrons. The summed E-state index contributed by atoms with van der Waals surface area (Å²) in [4.78, 5) is 14.8. The number of aromatic hydroxyl groups is 1. The van der Waals surface area contributed by atoms with E-state index in [-0.39, 0.29) is 11.5 Å². The zero-order valence-corrected chi connectivity index (χ0v) is 7.02. The normalized spacial score (nSPS) is 11.0. The molecule has 0 saturated carbocycles. The largest absolute Gasteiger partial charge is 0.508 e. The minimum absolute atomic E-state index is 0.0718. The number of hydrogen-bond acceptors (Lipinski definition) is 4. The maximum atomic E-state index is 10.4. The lowest BCUT2D eigenvalue weighted by Gasteiger charge is -1.97. The van der Waals surface area contributed by atoms with Crippen molar-refractivity contribution in [2.75, 3.05) is 7.11 Å². The van der Waals surface area contributed by atoms with E-state index in [4.69, 9.17) is 5.11 Å². The Morgan fingerprint density at radius 2 is 2.08 bits per heavy atom. The number of rotatable bonds is 3. The van der Waals surface area contributed by atoms with E-state index in [9.17, 15) is 4.79 Å². The summed E-state index contributed by atoms with van der Waals surface area (Å²) < 4.78 is 0. The summed E-state index contributed by atoms with van der Waals surface area (Å²) in [6.07, 6.45) is 1.63. The fourth-order valence-electron chi connectivity index (χ4n) is 0.841. The monoisotopic (exact) mass is 178 g/mol. The summed E-state index contributed by atoms with van der Waals surface area (Å²) >= 11 is 0. The van der Waals surface area contributed by atoms with Crippen molar-refractivity contribution in [1.82, 2.24) is 0 Å². The number of nitrogens with zero attached hydrogens (tertiary/aromatic N) is 1. The fraction of sp³-hybridized carbons (Fsp3) is 0.111. The van der Waals surface area contributed by atoms with Crippen molar-refractivity contribution in [2.24, 2.45) is 5.16 Å². The highest BCUT2D eigenvalue weighted by Crippen LogP contribution is 2.09. The molecule has 13 heavy (non-hydrogen) atoms. The Labute approximate surface area is 75.4 Å². The molecule has 1 radical (unpaired) electrons. The van der Waals surface area contributed by atoms with Gasteiger partial charge in [0, 0.05) is 5.56 Å². The summed E-state index contributed by atoms with van der Waals surface area (Å²) in [5, 5.41) is 12.4. The molecule has 4 nitrogen and oxygen atoms in total. The van der Waals surface area contributed by atoms with E-state index in [2.05, 4.69) is 9.99 Å². The third-order valence-corrected chi connectivity index (χ3v) is 1.42. The molecule has 0 aliphatic carbocycles. The average Bonchev–Trinajstić information content (AvgIpc) is 2.16. The van der Waals surface area contributed by atoms with Crippen LogP contribution in [0.15, 0.2) is 29.4 Å². The van der Waals surface area contributed by atoms with Crippen molar-refractivity contribution in [3.8, 4) is 5.75 Å². The van der Waals surface area contributed by atoms with E-state index in [1.54, 1.807) is 18.4 Å². The molecule has 0 atom stereocenters. The smallest absolute Gasteiger partial charge is 0.257 e. The van der Waals surface area contributed by atoms with E-state index in [0.29, 0.717) is 5.56 Å². The zero-order chi connectivity index (χ0) is 9.68. The van der Waals surface area contributed by atoms with Crippen LogP contribution in [0.5, 0.6) is 5.75 Å². The standard InChI is InChI=1S/C9H8NO3/c1-13-10-9(6-11)7-2-4-8(12)5-3-7/h2-5,12H,1H3. The van der Waals surface area contributed by atoms with Gasteiger partial charge in [0.15, 0.2) is 5.71 Å². The summed E-state index contributed by atoms with van der Waals surface area (Å²) in [6.45, 7) is 0. The molecule has 0 fully saturated rings. The molecule has 0 aliphatic heterocycles. The van der Waals surface area contributed by atoms with Gasteiger partial charge in [-0.25, -0.2) is 0 Å². The van der Waals surface area contributed by atoms with Crippen molar-refractivity contribution >= 4 is 12.0 Å². The predicted molar refractivity (Wildman–Crippen MR) is 47.3 cm³/mol. The minimum Gasteiger partial charge on any atom is -0.508 e. The molecule has 1 N–H and O–H groups in total. The van der Waals surface area contributed by atoms with Crippen molar-refractivity contribution in [2.45, 2.75) is 0 Å².